The molecule has 17 heavy (non-hydrogen) atoms. The van der Waals surface area contributed by atoms with Crippen molar-refractivity contribution in [2.75, 3.05) is 20.6 Å². The van der Waals surface area contributed by atoms with Crippen molar-refractivity contribution in [3.63, 3.8) is 0 Å². The van der Waals surface area contributed by atoms with Crippen LogP contribution in [0.1, 0.15) is 19.4 Å². The zero-order valence-electron chi connectivity index (χ0n) is 11.1. The largest absolute Gasteiger partial charge is 0.291 e. The minimum atomic E-state index is 0.667. The van der Waals surface area contributed by atoms with E-state index in [1.165, 1.54) is 0 Å². The predicted molar refractivity (Wildman–Crippen MR) is 73.7 cm³/mol. The fraction of sp³-hybridized carbons (Fsp3) is 0.385. The maximum absolute atomic E-state index is 6.50. The Morgan fingerprint density at radius 1 is 1.29 bits per heavy atom. The Kier molecular flexibility index (Phi) is 12.9. The minimum Gasteiger partial charge on any atom is -0.291 e. The van der Waals surface area contributed by atoms with E-state index in [9.17, 15) is 0 Å². The summed E-state index contributed by atoms with van der Waals surface area (Å²) in [5.41, 5.74) is 2.13. The number of benzene rings is 1. The standard InChI is InChI=1S/C10H15N3.C2H6.CHN/c1-12-10(8-13(2)11)9-6-4-3-5-7-9;2*1-2/h3-7H,8,11H2,1-2H3;1-2H3;1H. The van der Waals surface area contributed by atoms with Crippen LogP contribution in [0.4, 0.5) is 0 Å². The van der Waals surface area contributed by atoms with Crippen LogP contribution in [0.15, 0.2) is 35.3 Å². The Balaban J connectivity index is 0. The summed E-state index contributed by atoms with van der Waals surface area (Å²) in [7, 11) is 3.61. The van der Waals surface area contributed by atoms with Gasteiger partial charge in [0.15, 0.2) is 0 Å². The first-order valence-corrected chi connectivity index (χ1v) is 5.46. The van der Waals surface area contributed by atoms with Gasteiger partial charge in [0.2, 0.25) is 0 Å². The molecule has 0 aromatic heterocycles. The smallest absolute Gasteiger partial charge is 0.0571 e. The van der Waals surface area contributed by atoms with Gasteiger partial charge in [-0.05, 0) is 5.56 Å². The molecule has 0 aliphatic carbocycles. The molecular formula is C13H22N4. The van der Waals surface area contributed by atoms with Crippen molar-refractivity contribution in [3.8, 4) is 6.57 Å². The van der Waals surface area contributed by atoms with Crippen LogP contribution >= 0.6 is 0 Å². The summed E-state index contributed by atoms with van der Waals surface area (Å²) in [6.07, 6.45) is 0. The highest BCUT2D eigenvalue weighted by Crippen LogP contribution is 2.01. The van der Waals surface area contributed by atoms with E-state index < -0.39 is 0 Å². The molecule has 94 valence electrons. The fourth-order valence-electron chi connectivity index (χ4n) is 1.16. The molecule has 1 aromatic carbocycles. The van der Waals surface area contributed by atoms with Crippen LogP contribution in [0.25, 0.3) is 0 Å². The van der Waals surface area contributed by atoms with Crippen molar-refractivity contribution in [2.24, 2.45) is 10.8 Å². The first-order chi connectivity index (χ1) is 8.24. The first kappa shape index (κ1) is 17.7. The van der Waals surface area contributed by atoms with E-state index in [2.05, 4.69) is 11.6 Å². The molecule has 0 heterocycles. The molecule has 0 fully saturated rings. The van der Waals surface area contributed by atoms with E-state index in [4.69, 9.17) is 11.1 Å². The normalized spacial score (nSPS) is 9.76. The van der Waals surface area contributed by atoms with Crippen molar-refractivity contribution in [1.82, 2.24) is 5.01 Å². The van der Waals surface area contributed by atoms with Crippen molar-refractivity contribution in [2.45, 2.75) is 13.8 Å². The molecule has 0 amide bonds. The lowest BCUT2D eigenvalue weighted by Gasteiger charge is -2.11. The van der Waals surface area contributed by atoms with Crippen molar-refractivity contribution in [3.05, 3.63) is 35.9 Å². The number of hydrazine groups is 1. The molecule has 0 unspecified atom stereocenters. The van der Waals surface area contributed by atoms with Gasteiger partial charge in [-0.25, -0.2) is 10.3 Å². The molecule has 1 aromatic rings. The Morgan fingerprint density at radius 3 is 2.12 bits per heavy atom. The molecule has 2 N–H and O–H groups in total. The summed E-state index contributed by atoms with van der Waals surface area (Å²) < 4.78 is 0. The van der Waals surface area contributed by atoms with Crippen LogP contribution in [0.5, 0.6) is 0 Å². The lowest BCUT2D eigenvalue weighted by Crippen LogP contribution is -2.32. The van der Waals surface area contributed by atoms with Gasteiger partial charge in [0.1, 0.15) is 0 Å². The van der Waals surface area contributed by atoms with E-state index in [0.29, 0.717) is 6.54 Å². The third-order valence-corrected chi connectivity index (χ3v) is 1.78. The Morgan fingerprint density at radius 2 is 1.76 bits per heavy atom. The molecule has 0 radical (unpaired) electrons. The van der Waals surface area contributed by atoms with Crippen LogP contribution in [0.2, 0.25) is 0 Å². The summed E-state index contributed by atoms with van der Waals surface area (Å²) in [5, 5.41) is 8.12. The first-order valence-electron chi connectivity index (χ1n) is 5.46. The van der Waals surface area contributed by atoms with Gasteiger partial charge in [0.05, 0.1) is 12.3 Å². The highest BCUT2D eigenvalue weighted by molar-refractivity contribution is 6.01. The molecule has 0 aliphatic rings. The van der Waals surface area contributed by atoms with Gasteiger partial charge in [0, 0.05) is 20.7 Å². The highest BCUT2D eigenvalue weighted by Gasteiger charge is 2.02. The molecule has 4 heteroatoms. The van der Waals surface area contributed by atoms with E-state index in [-0.39, 0.29) is 0 Å². The van der Waals surface area contributed by atoms with Gasteiger partial charge in [-0.3, -0.25) is 10.8 Å². The van der Waals surface area contributed by atoms with Gasteiger partial charge >= 0.3 is 0 Å². The summed E-state index contributed by atoms with van der Waals surface area (Å²) in [6, 6.07) is 10.1. The summed E-state index contributed by atoms with van der Waals surface area (Å²) >= 11 is 0. The maximum Gasteiger partial charge on any atom is 0.0571 e. The zero-order chi connectivity index (χ0) is 13.7. The molecular weight excluding hydrogens is 212 g/mol. The van der Waals surface area contributed by atoms with Gasteiger partial charge in [-0.2, -0.15) is 0 Å². The average Bonchev–Trinajstić information content (AvgIpc) is 2.41. The van der Waals surface area contributed by atoms with E-state index in [1.54, 1.807) is 12.1 Å². The molecule has 0 aliphatic heterocycles. The average molecular weight is 234 g/mol. The van der Waals surface area contributed by atoms with E-state index in [1.807, 2.05) is 51.2 Å². The monoisotopic (exact) mass is 234 g/mol. The van der Waals surface area contributed by atoms with Crippen molar-refractivity contribution >= 4 is 5.71 Å². The molecule has 0 atom stereocenters. The Hall–Kier alpha value is -1.70. The van der Waals surface area contributed by atoms with Crippen molar-refractivity contribution < 1.29 is 0 Å². The van der Waals surface area contributed by atoms with E-state index in [0.717, 1.165) is 11.3 Å². The van der Waals surface area contributed by atoms with Gasteiger partial charge in [-0.1, -0.05) is 44.2 Å². The molecule has 4 nitrogen and oxygen atoms in total. The SMILES string of the molecule is C#N.CC.CN=C(CN(C)N)c1ccccc1. The van der Waals surface area contributed by atoms with Crippen LogP contribution in [-0.2, 0) is 0 Å². The second-order valence-electron chi connectivity index (χ2n) is 2.95. The second kappa shape index (κ2) is 12.4. The lowest BCUT2D eigenvalue weighted by atomic mass is 10.1. The number of hydrogen-bond acceptors (Lipinski definition) is 4. The Bertz CT molecular complexity index is 315. The molecule has 0 bridgehead atoms. The van der Waals surface area contributed by atoms with Crippen LogP contribution in [0, 0.1) is 11.8 Å². The van der Waals surface area contributed by atoms with Gasteiger partial charge < -0.3 is 0 Å². The quantitative estimate of drug-likeness (QED) is 0.494. The lowest BCUT2D eigenvalue weighted by molar-refractivity contribution is 0.401. The second-order valence-corrected chi connectivity index (χ2v) is 2.95. The third kappa shape index (κ3) is 8.14. The number of nitrogens with two attached hydrogens (primary N) is 1. The van der Waals surface area contributed by atoms with E-state index >= 15 is 0 Å². The predicted octanol–water partition coefficient (Wildman–Crippen LogP) is 2.08. The molecule has 0 spiro atoms. The molecule has 0 saturated carbocycles. The summed E-state index contributed by atoms with van der Waals surface area (Å²) in [5.74, 6) is 5.56. The van der Waals surface area contributed by atoms with Crippen LogP contribution in [-0.4, -0.2) is 31.4 Å². The zero-order valence-corrected chi connectivity index (χ0v) is 11.1. The number of likely N-dealkylation sites (N-methyl/N-ethyl adjacent to an activating group) is 1. The minimum absolute atomic E-state index is 0.667. The number of nitrogens with zero attached hydrogens (tertiary/aromatic N) is 3. The summed E-state index contributed by atoms with van der Waals surface area (Å²) in [4.78, 5) is 4.19. The number of rotatable bonds is 3. The Labute approximate surface area is 104 Å². The maximum atomic E-state index is 6.50. The highest BCUT2D eigenvalue weighted by atomic mass is 15.4. The number of hydrogen-bond donors (Lipinski definition) is 1. The van der Waals surface area contributed by atoms with Crippen molar-refractivity contribution in [1.29, 1.82) is 5.26 Å². The van der Waals surface area contributed by atoms with Gasteiger partial charge in [0.25, 0.3) is 0 Å². The topological polar surface area (TPSA) is 65.4 Å². The molecule has 0 saturated heterocycles. The third-order valence-electron chi connectivity index (χ3n) is 1.78. The van der Waals surface area contributed by atoms with Crippen LogP contribution < -0.4 is 5.84 Å². The number of nitriles is 1. The van der Waals surface area contributed by atoms with Gasteiger partial charge in [-0.15, -0.1) is 0 Å². The summed E-state index contributed by atoms with van der Waals surface area (Å²) in [6.45, 7) is 8.17. The van der Waals surface area contributed by atoms with Crippen LogP contribution in [0.3, 0.4) is 0 Å². The fourth-order valence-corrected chi connectivity index (χ4v) is 1.16. The number of aliphatic imine (C=N–C) groups is 1. The molecule has 1 rings (SSSR count).